The SMILES string of the molecule is COCCN1CC2(CCOC2)N(/C=C(\C)C(=O)NCc2cccc(Cl)c2F)/C(=C(/O)C=O)C1=O. The number of aliphatic hydroxyl groups excluding tert-OH is 1. The Bertz CT molecular complexity index is 1020. The Balaban J connectivity index is 1.90. The lowest BCUT2D eigenvalue weighted by Gasteiger charge is -2.48. The number of benzene rings is 1. The van der Waals surface area contributed by atoms with Crippen molar-refractivity contribution in [3.63, 3.8) is 0 Å². The number of allylic oxidation sites excluding steroid dienone is 1. The van der Waals surface area contributed by atoms with Gasteiger partial charge in [-0.3, -0.25) is 14.4 Å². The van der Waals surface area contributed by atoms with E-state index in [9.17, 15) is 23.9 Å². The molecule has 34 heavy (non-hydrogen) atoms. The van der Waals surface area contributed by atoms with E-state index in [-0.39, 0.29) is 61.0 Å². The smallest absolute Gasteiger partial charge is 0.274 e. The van der Waals surface area contributed by atoms with E-state index in [1.54, 1.807) is 6.07 Å². The van der Waals surface area contributed by atoms with Gasteiger partial charge in [0.2, 0.25) is 5.91 Å². The number of hydrogen-bond acceptors (Lipinski definition) is 7. The highest BCUT2D eigenvalue weighted by atomic mass is 35.5. The molecule has 2 fully saturated rings. The minimum absolute atomic E-state index is 0.0499. The maximum atomic E-state index is 14.1. The van der Waals surface area contributed by atoms with Gasteiger partial charge >= 0.3 is 0 Å². The van der Waals surface area contributed by atoms with Crippen molar-refractivity contribution in [3.05, 3.63) is 57.8 Å². The van der Waals surface area contributed by atoms with Crippen molar-refractivity contribution >= 4 is 29.7 Å². The van der Waals surface area contributed by atoms with Gasteiger partial charge in [-0.2, -0.15) is 0 Å². The molecule has 0 radical (unpaired) electrons. The van der Waals surface area contributed by atoms with Crippen LogP contribution < -0.4 is 5.32 Å². The van der Waals surface area contributed by atoms with Crippen molar-refractivity contribution < 1.29 is 33.4 Å². The summed E-state index contributed by atoms with van der Waals surface area (Å²) in [6.07, 6.45) is 2.10. The molecule has 0 aromatic heterocycles. The number of nitrogens with zero attached hydrogens (tertiary/aromatic N) is 2. The van der Waals surface area contributed by atoms with E-state index >= 15 is 0 Å². The standard InChI is InChI=1S/C23H27ClFN3O6/c1-15(21(31)26-10-16-4-3-5-17(24)19(16)25)11-28-20(18(30)12-29)22(32)27(7-9-33-2)13-23(28)6-8-34-14-23/h3-5,11-12,30H,6-10,13-14H2,1-2H3,(H,26,31)/b15-11+,20-18+. The van der Waals surface area contributed by atoms with Gasteiger partial charge in [0.05, 0.1) is 23.8 Å². The Morgan fingerprint density at radius 1 is 1.44 bits per heavy atom. The zero-order valence-electron chi connectivity index (χ0n) is 19.0. The molecule has 1 spiro atoms. The van der Waals surface area contributed by atoms with Gasteiger partial charge in [-0.15, -0.1) is 0 Å². The van der Waals surface area contributed by atoms with Crippen LogP contribution in [0.2, 0.25) is 5.02 Å². The third-order valence-corrected chi connectivity index (χ3v) is 6.17. The van der Waals surface area contributed by atoms with E-state index in [0.717, 1.165) is 0 Å². The van der Waals surface area contributed by atoms with Gasteiger partial charge in [-0.1, -0.05) is 23.7 Å². The fourth-order valence-corrected chi connectivity index (χ4v) is 4.22. The van der Waals surface area contributed by atoms with Gasteiger partial charge < -0.3 is 29.7 Å². The van der Waals surface area contributed by atoms with Crippen LogP contribution in [0, 0.1) is 5.82 Å². The summed E-state index contributed by atoms with van der Waals surface area (Å²) in [5.74, 6) is -2.45. The van der Waals surface area contributed by atoms with Crippen LogP contribution in [-0.2, 0) is 30.4 Å². The average Bonchev–Trinajstić information content (AvgIpc) is 3.29. The van der Waals surface area contributed by atoms with E-state index in [1.165, 1.54) is 42.2 Å². The number of hydrogen-bond donors (Lipinski definition) is 2. The molecule has 1 atom stereocenters. The monoisotopic (exact) mass is 495 g/mol. The van der Waals surface area contributed by atoms with Gasteiger partial charge in [0, 0.05) is 50.7 Å². The number of carbonyl (C=O) groups excluding carboxylic acids is 3. The number of halogens is 2. The van der Waals surface area contributed by atoms with Crippen molar-refractivity contribution in [2.75, 3.05) is 40.0 Å². The molecule has 3 rings (SSSR count). The lowest BCUT2D eigenvalue weighted by molar-refractivity contribution is -0.137. The fourth-order valence-electron chi connectivity index (χ4n) is 4.03. The van der Waals surface area contributed by atoms with E-state index in [1.807, 2.05) is 0 Å². The first-order chi connectivity index (χ1) is 16.2. The van der Waals surface area contributed by atoms with E-state index in [2.05, 4.69) is 5.32 Å². The number of piperazine rings is 1. The molecule has 184 valence electrons. The quantitative estimate of drug-likeness (QED) is 0.322. The highest BCUT2D eigenvalue weighted by molar-refractivity contribution is 6.30. The topological polar surface area (TPSA) is 108 Å². The average molecular weight is 496 g/mol. The molecular formula is C23H27ClFN3O6. The van der Waals surface area contributed by atoms with Crippen molar-refractivity contribution in [3.8, 4) is 0 Å². The van der Waals surface area contributed by atoms with Gasteiger partial charge in [-0.05, 0) is 19.4 Å². The highest BCUT2D eigenvalue weighted by Gasteiger charge is 2.50. The summed E-state index contributed by atoms with van der Waals surface area (Å²) in [6, 6.07) is 4.49. The van der Waals surface area contributed by atoms with E-state index < -0.39 is 28.9 Å². The van der Waals surface area contributed by atoms with Crippen LogP contribution in [0.4, 0.5) is 4.39 Å². The molecule has 2 N–H and O–H groups in total. The Morgan fingerprint density at radius 3 is 2.85 bits per heavy atom. The van der Waals surface area contributed by atoms with Gasteiger partial charge in [-0.25, -0.2) is 4.39 Å². The Kier molecular flexibility index (Phi) is 8.29. The molecule has 11 heteroatoms. The van der Waals surface area contributed by atoms with Gasteiger partial charge in [0.25, 0.3) is 5.91 Å². The van der Waals surface area contributed by atoms with Crippen LogP contribution in [0.1, 0.15) is 18.9 Å². The normalized spacial score (nSPS) is 22.4. The minimum Gasteiger partial charge on any atom is -0.503 e. The number of carbonyl (C=O) groups is 3. The third-order valence-electron chi connectivity index (χ3n) is 5.88. The van der Waals surface area contributed by atoms with Crippen molar-refractivity contribution in [2.24, 2.45) is 0 Å². The summed E-state index contributed by atoms with van der Waals surface area (Å²) in [4.78, 5) is 40.3. The van der Waals surface area contributed by atoms with Gasteiger partial charge in [0.1, 0.15) is 5.82 Å². The first kappa shape index (κ1) is 25.7. The number of methoxy groups -OCH3 is 1. The van der Waals surface area contributed by atoms with Gasteiger partial charge in [0.15, 0.2) is 17.7 Å². The number of aliphatic hydroxyl groups is 1. The Morgan fingerprint density at radius 2 is 2.21 bits per heavy atom. The van der Waals surface area contributed by atoms with Crippen LogP contribution in [0.5, 0.6) is 0 Å². The third kappa shape index (κ3) is 5.24. The zero-order valence-corrected chi connectivity index (χ0v) is 19.7. The molecule has 1 aromatic carbocycles. The summed E-state index contributed by atoms with van der Waals surface area (Å²) in [7, 11) is 1.51. The first-order valence-electron chi connectivity index (χ1n) is 10.7. The molecule has 2 amide bonds. The molecule has 0 aliphatic carbocycles. The summed E-state index contributed by atoms with van der Waals surface area (Å²) in [5.41, 5.74) is -0.622. The summed E-state index contributed by atoms with van der Waals surface area (Å²) in [5, 5.41) is 12.9. The van der Waals surface area contributed by atoms with Crippen molar-refractivity contribution in [1.29, 1.82) is 0 Å². The van der Waals surface area contributed by atoms with Crippen molar-refractivity contribution in [2.45, 2.75) is 25.4 Å². The number of nitrogens with one attached hydrogen (secondary N) is 1. The predicted octanol–water partition coefficient (Wildman–Crippen LogP) is 1.92. The molecule has 1 aromatic rings. The van der Waals surface area contributed by atoms with E-state index in [0.29, 0.717) is 13.0 Å². The molecule has 9 nitrogen and oxygen atoms in total. The molecule has 0 saturated carbocycles. The maximum Gasteiger partial charge on any atom is 0.274 e. The molecule has 2 aliphatic heterocycles. The highest BCUT2D eigenvalue weighted by Crippen LogP contribution is 2.37. The van der Waals surface area contributed by atoms with Crippen LogP contribution in [0.15, 0.2) is 41.4 Å². The van der Waals surface area contributed by atoms with Crippen LogP contribution in [0.25, 0.3) is 0 Å². The molecule has 1 unspecified atom stereocenters. The fraction of sp³-hybridized carbons (Fsp3) is 0.435. The minimum atomic E-state index is -0.783. The second-order valence-electron chi connectivity index (χ2n) is 8.18. The first-order valence-corrected chi connectivity index (χ1v) is 11.0. The van der Waals surface area contributed by atoms with E-state index in [4.69, 9.17) is 21.1 Å². The summed E-state index contributed by atoms with van der Waals surface area (Å²) < 4.78 is 24.8. The summed E-state index contributed by atoms with van der Waals surface area (Å²) >= 11 is 5.79. The molecular weight excluding hydrogens is 469 g/mol. The molecule has 2 heterocycles. The number of aldehydes is 1. The lowest BCUT2D eigenvalue weighted by Crippen LogP contribution is -2.62. The zero-order chi connectivity index (χ0) is 24.9. The van der Waals surface area contributed by atoms with Crippen LogP contribution in [0.3, 0.4) is 0 Å². The largest absolute Gasteiger partial charge is 0.503 e. The Hall–Kier alpha value is -2.95. The predicted molar refractivity (Wildman–Crippen MR) is 121 cm³/mol. The molecule has 2 saturated heterocycles. The lowest BCUT2D eigenvalue weighted by atomic mass is 9.90. The number of amides is 2. The van der Waals surface area contributed by atoms with Crippen molar-refractivity contribution in [1.82, 2.24) is 15.1 Å². The second kappa shape index (κ2) is 11.0. The molecule has 2 aliphatic rings. The number of rotatable bonds is 8. The Labute approximate surface area is 201 Å². The van der Waals surface area contributed by atoms with Crippen LogP contribution in [-0.4, -0.2) is 78.6 Å². The number of ether oxygens (including phenoxy) is 2. The van der Waals surface area contributed by atoms with Crippen LogP contribution >= 0.6 is 11.6 Å². The summed E-state index contributed by atoms with van der Waals surface area (Å²) in [6.45, 7) is 2.83. The second-order valence-corrected chi connectivity index (χ2v) is 8.58. The maximum absolute atomic E-state index is 14.1. The molecule has 0 bridgehead atoms.